The van der Waals surface area contributed by atoms with Crippen molar-refractivity contribution in [2.24, 2.45) is 0 Å². The van der Waals surface area contributed by atoms with E-state index in [1.54, 1.807) is 26.0 Å². The molecule has 0 aliphatic carbocycles. The summed E-state index contributed by atoms with van der Waals surface area (Å²) in [6.07, 6.45) is 0.632. The van der Waals surface area contributed by atoms with Crippen LogP contribution in [0.3, 0.4) is 0 Å². The van der Waals surface area contributed by atoms with E-state index in [0.29, 0.717) is 24.3 Å². The Morgan fingerprint density at radius 1 is 1.14 bits per heavy atom. The SMILES string of the molecule is C=Cc1ccc(S(=O)(=O)N[C@@H]2c3cc(C(=O)NCCc4ccccc4)ccc3OC(C)(C)[C@H]2O)cc1F. The van der Waals surface area contributed by atoms with E-state index in [4.69, 9.17) is 4.74 Å². The van der Waals surface area contributed by atoms with Gasteiger partial charge in [0.25, 0.3) is 5.91 Å². The minimum Gasteiger partial charge on any atom is -0.485 e. The van der Waals surface area contributed by atoms with Gasteiger partial charge in [0.1, 0.15) is 23.3 Å². The molecule has 7 nitrogen and oxygen atoms in total. The fraction of sp³-hybridized carbons (Fsp3) is 0.250. The maximum absolute atomic E-state index is 14.3. The smallest absolute Gasteiger partial charge is 0.251 e. The molecule has 0 saturated heterocycles. The molecular weight excluding hydrogens is 495 g/mol. The first-order chi connectivity index (χ1) is 17.5. The number of hydrogen-bond donors (Lipinski definition) is 3. The molecule has 0 aromatic heterocycles. The summed E-state index contributed by atoms with van der Waals surface area (Å²) >= 11 is 0. The summed E-state index contributed by atoms with van der Waals surface area (Å²) in [5, 5.41) is 13.9. The number of ether oxygens (including phenoxy) is 1. The van der Waals surface area contributed by atoms with Gasteiger partial charge in [0.05, 0.1) is 10.9 Å². The van der Waals surface area contributed by atoms with Crippen molar-refractivity contribution in [2.45, 2.75) is 42.9 Å². The van der Waals surface area contributed by atoms with Crippen LogP contribution < -0.4 is 14.8 Å². The van der Waals surface area contributed by atoms with E-state index in [2.05, 4.69) is 16.6 Å². The summed E-state index contributed by atoms with van der Waals surface area (Å²) in [5.74, 6) is -0.751. The van der Waals surface area contributed by atoms with E-state index in [0.717, 1.165) is 11.6 Å². The van der Waals surface area contributed by atoms with Crippen LogP contribution in [0.1, 0.15) is 46.9 Å². The predicted molar refractivity (Wildman–Crippen MR) is 139 cm³/mol. The number of aliphatic hydroxyl groups is 1. The fourth-order valence-corrected chi connectivity index (χ4v) is 5.44. The monoisotopic (exact) mass is 524 g/mol. The number of amides is 1. The molecule has 0 radical (unpaired) electrons. The van der Waals surface area contributed by atoms with Crippen molar-refractivity contribution in [3.8, 4) is 5.75 Å². The fourth-order valence-electron chi connectivity index (χ4n) is 4.21. The van der Waals surface area contributed by atoms with Crippen LogP contribution in [0.15, 0.2) is 78.2 Å². The maximum atomic E-state index is 14.3. The van der Waals surface area contributed by atoms with E-state index < -0.39 is 33.6 Å². The number of benzene rings is 3. The molecule has 1 aliphatic heterocycles. The van der Waals surface area contributed by atoms with E-state index in [-0.39, 0.29) is 21.9 Å². The second-order valence-electron chi connectivity index (χ2n) is 9.38. The summed E-state index contributed by atoms with van der Waals surface area (Å²) in [5.41, 5.74) is 0.693. The van der Waals surface area contributed by atoms with Crippen molar-refractivity contribution in [1.82, 2.24) is 10.0 Å². The highest BCUT2D eigenvalue weighted by atomic mass is 32.2. The Kier molecular flexibility index (Phi) is 7.49. The first-order valence-corrected chi connectivity index (χ1v) is 13.3. The Hall–Kier alpha value is -3.53. The summed E-state index contributed by atoms with van der Waals surface area (Å²) in [7, 11) is -4.25. The molecule has 0 saturated carbocycles. The van der Waals surface area contributed by atoms with Crippen LogP contribution in [0, 0.1) is 5.82 Å². The molecule has 0 spiro atoms. The number of nitrogens with one attached hydrogen (secondary N) is 2. The van der Waals surface area contributed by atoms with Crippen molar-refractivity contribution in [2.75, 3.05) is 6.54 Å². The Morgan fingerprint density at radius 3 is 2.54 bits per heavy atom. The molecule has 1 amide bonds. The standard InChI is InChI=1S/C28H29FN2O5S/c1-4-19-10-12-21(17-23(19)29)37(34,35)31-25-22-16-20(11-13-24(22)36-28(2,3)26(25)32)27(33)30-15-14-18-8-6-5-7-9-18/h4-13,16-17,25-26,31-32H,1,14-15H2,2-3H3,(H,30,33)/t25-,26+/m1/s1. The van der Waals surface area contributed by atoms with Crippen molar-refractivity contribution in [3.63, 3.8) is 0 Å². The highest BCUT2D eigenvalue weighted by Crippen LogP contribution is 2.41. The molecule has 0 bridgehead atoms. The zero-order chi connectivity index (χ0) is 26.8. The minimum absolute atomic E-state index is 0.166. The number of hydrogen-bond acceptors (Lipinski definition) is 5. The van der Waals surface area contributed by atoms with Crippen LogP contribution >= 0.6 is 0 Å². The molecule has 2 atom stereocenters. The van der Waals surface area contributed by atoms with Crippen LogP contribution in [0.2, 0.25) is 0 Å². The van der Waals surface area contributed by atoms with Gasteiger partial charge in [0.15, 0.2) is 0 Å². The molecule has 9 heteroatoms. The van der Waals surface area contributed by atoms with Crippen molar-refractivity contribution >= 4 is 22.0 Å². The molecule has 0 fully saturated rings. The predicted octanol–water partition coefficient (Wildman–Crippen LogP) is 3.99. The van der Waals surface area contributed by atoms with Gasteiger partial charge in [-0.25, -0.2) is 17.5 Å². The van der Waals surface area contributed by atoms with Crippen LogP contribution in [0.25, 0.3) is 6.08 Å². The lowest BCUT2D eigenvalue weighted by Crippen LogP contribution is -2.53. The maximum Gasteiger partial charge on any atom is 0.251 e. The summed E-state index contributed by atoms with van der Waals surface area (Å²) in [4.78, 5) is 12.5. The van der Waals surface area contributed by atoms with Gasteiger partial charge in [-0.3, -0.25) is 4.79 Å². The number of carbonyl (C=O) groups is 1. The highest BCUT2D eigenvalue weighted by molar-refractivity contribution is 7.89. The first-order valence-electron chi connectivity index (χ1n) is 11.8. The average molecular weight is 525 g/mol. The van der Waals surface area contributed by atoms with Gasteiger partial charge in [-0.05, 0) is 56.2 Å². The lowest BCUT2D eigenvalue weighted by molar-refractivity contribution is -0.0603. The van der Waals surface area contributed by atoms with Gasteiger partial charge in [-0.1, -0.05) is 49.1 Å². The Labute approximate surface area is 216 Å². The van der Waals surface area contributed by atoms with Crippen LogP contribution in [-0.4, -0.2) is 37.7 Å². The minimum atomic E-state index is -4.25. The second-order valence-corrected chi connectivity index (χ2v) is 11.1. The molecule has 4 rings (SSSR count). The molecule has 3 aromatic carbocycles. The second kappa shape index (κ2) is 10.5. The number of sulfonamides is 1. The zero-order valence-electron chi connectivity index (χ0n) is 20.6. The van der Waals surface area contributed by atoms with Crippen molar-refractivity contribution in [3.05, 3.63) is 101 Å². The van der Waals surface area contributed by atoms with Gasteiger partial charge in [0.2, 0.25) is 10.0 Å². The quantitative estimate of drug-likeness (QED) is 0.413. The molecule has 1 aliphatic rings. The normalized spacial score (nSPS) is 18.4. The zero-order valence-corrected chi connectivity index (χ0v) is 21.4. The number of aliphatic hydroxyl groups excluding tert-OH is 1. The van der Waals surface area contributed by atoms with Gasteiger partial charge in [0, 0.05) is 23.2 Å². The van der Waals surface area contributed by atoms with E-state index in [1.807, 2.05) is 30.3 Å². The van der Waals surface area contributed by atoms with Crippen LogP contribution in [0.4, 0.5) is 4.39 Å². The van der Waals surface area contributed by atoms with Crippen molar-refractivity contribution < 1.29 is 27.4 Å². The molecule has 0 unspecified atom stereocenters. The van der Waals surface area contributed by atoms with Gasteiger partial charge in [-0.2, -0.15) is 0 Å². The third-order valence-corrected chi connectivity index (χ3v) is 7.77. The highest BCUT2D eigenvalue weighted by Gasteiger charge is 2.45. The Balaban J connectivity index is 1.60. The lowest BCUT2D eigenvalue weighted by Gasteiger charge is -2.42. The van der Waals surface area contributed by atoms with Crippen molar-refractivity contribution in [1.29, 1.82) is 0 Å². The Bertz CT molecular complexity index is 1420. The Morgan fingerprint density at radius 2 is 1.86 bits per heavy atom. The molecule has 37 heavy (non-hydrogen) atoms. The van der Waals surface area contributed by atoms with Gasteiger partial charge < -0.3 is 15.2 Å². The summed E-state index contributed by atoms with van der Waals surface area (Å²) in [6, 6.07) is 16.7. The largest absolute Gasteiger partial charge is 0.485 e. The molecule has 3 aromatic rings. The van der Waals surface area contributed by atoms with Gasteiger partial charge in [-0.15, -0.1) is 0 Å². The summed E-state index contributed by atoms with van der Waals surface area (Å²) < 4.78 is 49.0. The lowest BCUT2D eigenvalue weighted by atomic mass is 9.86. The first kappa shape index (κ1) is 26.5. The van der Waals surface area contributed by atoms with E-state index in [1.165, 1.54) is 24.3 Å². The molecule has 194 valence electrons. The van der Waals surface area contributed by atoms with E-state index in [9.17, 15) is 22.7 Å². The number of rotatable bonds is 8. The molecular formula is C28H29FN2O5S. The van der Waals surface area contributed by atoms with E-state index >= 15 is 0 Å². The number of fused-ring (bicyclic) bond motifs is 1. The molecule has 3 N–H and O–H groups in total. The van der Waals surface area contributed by atoms with Crippen LogP contribution in [0.5, 0.6) is 5.75 Å². The number of halogens is 1. The summed E-state index contributed by atoms with van der Waals surface area (Å²) in [6.45, 7) is 7.17. The third kappa shape index (κ3) is 5.74. The third-order valence-electron chi connectivity index (χ3n) is 6.33. The van der Waals surface area contributed by atoms with Gasteiger partial charge >= 0.3 is 0 Å². The van der Waals surface area contributed by atoms with Crippen LogP contribution in [-0.2, 0) is 16.4 Å². The average Bonchev–Trinajstić information content (AvgIpc) is 2.87. The topological polar surface area (TPSA) is 105 Å². The number of carbonyl (C=O) groups excluding carboxylic acids is 1. The molecule has 1 heterocycles.